The van der Waals surface area contributed by atoms with E-state index in [1.54, 1.807) is 31.3 Å². The maximum Gasteiger partial charge on any atom is 0.265 e. The van der Waals surface area contributed by atoms with Crippen LogP contribution in [-0.4, -0.2) is 38.2 Å². The van der Waals surface area contributed by atoms with Crippen LogP contribution < -0.4 is 15.2 Å². The molecule has 26 heavy (non-hydrogen) atoms. The molecular weight excluding hydrogens is 358 g/mol. The minimum atomic E-state index is -3.85. The van der Waals surface area contributed by atoms with Crippen LogP contribution in [0.2, 0.25) is 0 Å². The van der Waals surface area contributed by atoms with Crippen LogP contribution in [0.25, 0.3) is 0 Å². The van der Waals surface area contributed by atoms with E-state index in [1.165, 1.54) is 16.8 Å². The highest BCUT2D eigenvalue weighted by Crippen LogP contribution is 2.23. The Morgan fingerprint density at radius 2 is 2.23 bits per heavy atom. The van der Waals surface area contributed by atoms with Crippen LogP contribution in [0.15, 0.2) is 41.4 Å². The number of hydrogen-bond donors (Lipinski definition) is 2. The summed E-state index contributed by atoms with van der Waals surface area (Å²) in [5.41, 5.74) is 5.70. The highest BCUT2D eigenvalue weighted by Gasteiger charge is 2.20. The molecule has 3 N–H and O–H groups in total. The molecule has 1 atom stereocenters. The third-order valence-electron chi connectivity index (χ3n) is 4.09. The number of carbonyl (C=O) groups excluding carboxylic acids is 1. The first-order valence-electron chi connectivity index (χ1n) is 8.18. The molecule has 3 rings (SSSR count). The fourth-order valence-corrected chi connectivity index (χ4v) is 3.87. The summed E-state index contributed by atoms with van der Waals surface area (Å²) in [6.45, 7) is 1.18. The van der Waals surface area contributed by atoms with Crippen molar-refractivity contribution in [1.82, 2.24) is 4.57 Å². The van der Waals surface area contributed by atoms with E-state index in [0.717, 1.165) is 19.4 Å². The molecule has 1 aromatic carbocycles. The molecule has 1 aliphatic heterocycles. The number of nitrogens with one attached hydrogen (secondary N) is 1. The third-order valence-corrected chi connectivity index (χ3v) is 5.44. The topological polar surface area (TPSA) is 113 Å². The van der Waals surface area contributed by atoms with Crippen LogP contribution in [0.4, 0.5) is 5.69 Å². The van der Waals surface area contributed by atoms with E-state index in [4.69, 9.17) is 15.2 Å². The van der Waals surface area contributed by atoms with Crippen LogP contribution in [-0.2, 0) is 21.8 Å². The van der Waals surface area contributed by atoms with Crippen molar-refractivity contribution in [3.8, 4) is 5.75 Å². The molecule has 1 fully saturated rings. The number of amides is 1. The van der Waals surface area contributed by atoms with Crippen molar-refractivity contribution < 1.29 is 22.7 Å². The number of aryl methyl sites for hydroxylation is 1. The number of benzene rings is 1. The molecule has 0 bridgehead atoms. The zero-order chi connectivity index (χ0) is 18.7. The number of primary amides is 1. The molecule has 140 valence electrons. The van der Waals surface area contributed by atoms with Gasteiger partial charge in [0, 0.05) is 25.9 Å². The van der Waals surface area contributed by atoms with Gasteiger partial charge in [0.15, 0.2) is 0 Å². The van der Waals surface area contributed by atoms with E-state index < -0.39 is 15.9 Å². The molecule has 2 heterocycles. The Balaban J connectivity index is 1.72. The van der Waals surface area contributed by atoms with Gasteiger partial charge in [0.1, 0.15) is 22.9 Å². The lowest BCUT2D eigenvalue weighted by Crippen LogP contribution is -2.16. The normalized spacial score (nSPS) is 17.2. The Hall–Kier alpha value is -2.52. The van der Waals surface area contributed by atoms with Gasteiger partial charge in [0.05, 0.1) is 11.8 Å². The molecule has 0 radical (unpaired) electrons. The molecule has 8 nitrogen and oxygen atoms in total. The molecule has 0 unspecified atom stereocenters. The van der Waals surface area contributed by atoms with Crippen LogP contribution in [0.1, 0.15) is 23.3 Å². The molecule has 1 amide bonds. The first-order chi connectivity index (χ1) is 12.3. The second-order valence-electron chi connectivity index (χ2n) is 6.12. The van der Waals surface area contributed by atoms with E-state index in [2.05, 4.69) is 4.72 Å². The van der Waals surface area contributed by atoms with Gasteiger partial charge in [-0.15, -0.1) is 0 Å². The Bertz CT molecular complexity index is 901. The molecule has 1 aromatic heterocycles. The average Bonchev–Trinajstić information content (AvgIpc) is 3.22. The summed E-state index contributed by atoms with van der Waals surface area (Å²) in [5.74, 6) is -0.148. The highest BCUT2D eigenvalue weighted by molar-refractivity contribution is 7.92. The molecular formula is C17H21N3O5S. The van der Waals surface area contributed by atoms with Gasteiger partial charge in [-0.25, -0.2) is 8.42 Å². The van der Waals surface area contributed by atoms with Crippen LogP contribution >= 0.6 is 0 Å². The Morgan fingerprint density at radius 3 is 2.88 bits per heavy atom. The summed E-state index contributed by atoms with van der Waals surface area (Å²) < 4.78 is 40.1. The first kappa shape index (κ1) is 18.3. The number of carbonyl (C=O) groups is 1. The molecule has 0 aliphatic carbocycles. The van der Waals surface area contributed by atoms with Crippen LogP contribution in [0.5, 0.6) is 5.75 Å². The number of rotatable bonds is 7. The van der Waals surface area contributed by atoms with Crippen molar-refractivity contribution in [2.45, 2.75) is 23.8 Å². The lowest BCUT2D eigenvalue weighted by atomic mass is 10.2. The van der Waals surface area contributed by atoms with Gasteiger partial charge in [-0.3, -0.25) is 9.52 Å². The maximum atomic E-state index is 12.5. The monoisotopic (exact) mass is 379 g/mol. The van der Waals surface area contributed by atoms with Crippen molar-refractivity contribution in [2.75, 3.05) is 17.9 Å². The van der Waals surface area contributed by atoms with E-state index >= 15 is 0 Å². The fourth-order valence-electron chi connectivity index (χ4n) is 2.75. The zero-order valence-corrected chi connectivity index (χ0v) is 15.2. The number of nitrogens with zero attached hydrogens (tertiary/aromatic N) is 1. The average molecular weight is 379 g/mol. The van der Waals surface area contributed by atoms with Crippen molar-refractivity contribution in [1.29, 1.82) is 0 Å². The smallest absolute Gasteiger partial charge is 0.265 e. The van der Waals surface area contributed by atoms with E-state index in [-0.39, 0.29) is 16.7 Å². The molecule has 0 saturated carbocycles. The number of sulfonamides is 1. The minimum Gasteiger partial charge on any atom is -0.491 e. The van der Waals surface area contributed by atoms with Crippen molar-refractivity contribution in [3.05, 3.63) is 42.2 Å². The zero-order valence-electron chi connectivity index (χ0n) is 14.3. The molecule has 9 heteroatoms. The van der Waals surface area contributed by atoms with Gasteiger partial charge in [-0.05, 0) is 31.0 Å². The summed E-state index contributed by atoms with van der Waals surface area (Å²) in [5, 5.41) is 0. The predicted molar refractivity (Wildman–Crippen MR) is 95.7 cm³/mol. The van der Waals surface area contributed by atoms with Crippen LogP contribution in [0.3, 0.4) is 0 Å². The number of nitrogens with two attached hydrogens (primary N) is 1. The summed E-state index contributed by atoms with van der Waals surface area (Å²) >= 11 is 0. The quantitative estimate of drug-likeness (QED) is 0.757. The Labute approximate surface area is 151 Å². The molecule has 2 aromatic rings. The second kappa shape index (κ2) is 7.38. The van der Waals surface area contributed by atoms with Crippen molar-refractivity contribution in [3.63, 3.8) is 0 Å². The van der Waals surface area contributed by atoms with Crippen LogP contribution in [0, 0.1) is 0 Å². The summed E-state index contributed by atoms with van der Waals surface area (Å²) in [4.78, 5) is 11.3. The first-order valence-corrected chi connectivity index (χ1v) is 9.67. The predicted octanol–water partition coefficient (Wildman–Crippen LogP) is 1.48. The number of hydrogen-bond acceptors (Lipinski definition) is 5. The lowest BCUT2D eigenvalue weighted by Gasteiger charge is -2.13. The van der Waals surface area contributed by atoms with Gasteiger partial charge in [0.25, 0.3) is 15.9 Å². The van der Waals surface area contributed by atoms with Gasteiger partial charge in [-0.1, -0.05) is 6.07 Å². The molecule has 1 aliphatic rings. The summed E-state index contributed by atoms with van der Waals surface area (Å²) in [6.07, 6.45) is 3.40. The second-order valence-corrected chi connectivity index (χ2v) is 7.80. The fraction of sp³-hybridized carbons (Fsp3) is 0.353. The van der Waals surface area contributed by atoms with Gasteiger partial charge >= 0.3 is 0 Å². The number of ether oxygens (including phenoxy) is 2. The minimum absolute atomic E-state index is 0.0422. The van der Waals surface area contributed by atoms with E-state index in [9.17, 15) is 13.2 Å². The van der Waals surface area contributed by atoms with Gasteiger partial charge in [-0.2, -0.15) is 0 Å². The largest absolute Gasteiger partial charge is 0.491 e. The lowest BCUT2D eigenvalue weighted by molar-refractivity contribution is 0.0680. The Kier molecular flexibility index (Phi) is 5.19. The van der Waals surface area contributed by atoms with Crippen molar-refractivity contribution in [2.24, 2.45) is 12.8 Å². The number of anilines is 1. The summed E-state index contributed by atoms with van der Waals surface area (Å²) in [6, 6.07) is 7.91. The molecule has 0 spiro atoms. The van der Waals surface area contributed by atoms with Crippen molar-refractivity contribution >= 4 is 21.6 Å². The summed E-state index contributed by atoms with van der Waals surface area (Å²) in [7, 11) is -2.30. The third kappa shape index (κ3) is 4.17. The van der Waals surface area contributed by atoms with Gasteiger partial charge in [0.2, 0.25) is 0 Å². The van der Waals surface area contributed by atoms with Gasteiger partial charge < -0.3 is 19.8 Å². The SMILES string of the molecule is Cn1cc(S(=O)(=O)Nc2cccc(OC[C@@H]3CCCO3)c2)cc1C(N)=O. The molecule has 1 saturated heterocycles. The highest BCUT2D eigenvalue weighted by atomic mass is 32.2. The van der Waals surface area contributed by atoms with E-state index in [1.807, 2.05) is 0 Å². The standard InChI is InChI=1S/C17H21N3O5S/c1-20-10-15(9-16(20)17(18)21)26(22,23)19-12-4-2-5-13(8-12)25-11-14-6-3-7-24-14/h2,4-5,8-10,14,19H,3,6-7,11H2,1H3,(H2,18,21)/t14-/m0/s1. The Morgan fingerprint density at radius 1 is 1.42 bits per heavy atom. The van der Waals surface area contributed by atoms with E-state index in [0.29, 0.717) is 18.0 Å². The number of aromatic nitrogens is 1. The maximum absolute atomic E-state index is 12.5.